The largest absolute Gasteiger partial charge is 0.360 e. The lowest BCUT2D eigenvalue weighted by atomic mass is 10.1. The van der Waals surface area contributed by atoms with E-state index in [0.29, 0.717) is 11.8 Å². The molecule has 8 aromatic rings. The van der Waals surface area contributed by atoms with E-state index in [-0.39, 0.29) is 0 Å². The van der Waals surface area contributed by atoms with Crippen LogP contribution in [0.15, 0.2) is 97.1 Å². The third kappa shape index (κ3) is 2.36. The van der Waals surface area contributed by atoms with Crippen molar-refractivity contribution in [3.63, 3.8) is 0 Å². The first kappa shape index (κ1) is 19.1. The second kappa shape index (κ2) is 6.87. The Morgan fingerprint density at radius 3 is 2.03 bits per heavy atom. The summed E-state index contributed by atoms with van der Waals surface area (Å²) in [6, 6.07) is 32.6. The van der Waals surface area contributed by atoms with E-state index in [1.165, 1.54) is 5.39 Å². The van der Waals surface area contributed by atoms with E-state index in [9.17, 15) is 0 Å². The lowest BCUT2D eigenvalue weighted by molar-refractivity contribution is 0.996. The zero-order valence-electron chi connectivity index (χ0n) is 18.9. The third-order valence-corrected chi connectivity index (χ3v) is 6.95. The van der Waals surface area contributed by atoms with Crippen LogP contribution < -0.4 is 0 Å². The number of hydrogen-bond acceptors (Lipinski definition) is 3. The van der Waals surface area contributed by atoms with E-state index in [4.69, 9.17) is 21.5 Å². The van der Waals surface area contributed by atoms with E-state index in [2.05, 4.69) is 69.9 Å². The maximum Gasteiger partial charge on any atom is 0.333 e. The summed E-state index contributed by atoms with van der Waals surface area (Å²) in [7, 11) is 0. The van der Waals surface area contributed by atoms with E-state index >= 15 is 0 Å². The molecule has 0 aliphatic rings. The summed E-state index contributed by atoms with van der Waals surface area (Å²) in [6.07, 6.45) is 0. The van der Waals surface area contributed by atoms with E-state index in [1.807, 2.05) is 41.0 Å². The Morgan fingerprint density at radius 2 is 1.22 bits per heavy atom. The van der Waals surface area contributed by atoms with Crippen LogP contribution in [-0.4, -0.2) is 23.9 Å². The predicted molar refractivity (Wildman–Crippen MR) is 144 cm³/mol. The molecule has 0 aliphatic carbocycles. The molecule has 6 nitrogen and oxygen atoms in total. The molecule has 8 rings (SSSR count). The molecule has 0 amide bonds. The number of nitrogens with zero attached hydrogens (tertiary/aromatic N) is 6. The van der Waals surface area contributed by atoms with E-state index in [0.717, 1.165) is 54.9 Å². The van der Waals surface area contributed by atoms with Crippen molar-refractivity contribution >= 4 is 66.1 Å². The minimum atomic E-state index is 0.339. The van der Waals surface area contributed by atoms with Crippen LogP contribution in [0.25, 0.3) is 71.1 Å². The van der Waals surface area contributed by atoms with Gasteiger partial charge in [0.05, 0.1) is 16.6 Å². The van der Waals surface area contributed by atoms with Crippen molar-refractivity contribution in [2.24, 2.45) is 0 Å². The predicted octanol–water partition coefficient (Wildman–Crippen LogP) is 7.23. The summed E-state index contributed by atoms with van der Waals surface area (Å²) in [5.41, 5.74) is 5.41. The van der Waals surface area contributed by atoms with Gasteiger partial charge in [-0.1, -0.05) is 90.4 Å². The van der Waals surface area contributed by atoms with E-state index in [1.54, 1.807) is 0 Å². The highest BCUT2D eigenvalue weighted by molar-refractivity contribution is 6.16. The molecule has 0 bridgehead atoms. The van der Waals surface area contributed by atoms with Gasteiger partial charge < -0.3 is 4.85 Å². The molecule has 0 fully saturated rings. The minimum absolute atomic E-state index is 0.339. The van der Waals surface area contributed by atoms with Crippen LogP contribution in [0.4, 0.5) is 5.82 Å². The van der Waals surface area contributed by atoms with Crippen LogP contribution >= 0.6 is 0 Å². The number of hydrogen-bond donors (Lipinski definition) is 0. The fourth-order valence-electron chi connectivity index (χ4n) is 5.44. The van der Waals surface area contributed by atoms with Crippen molar-refractivity contribution in [1.82, 2.24) is 23.9 Å². The smallest absolute Gasteiger partial charge is 0.333 e. The van der Waals surface area contributed by atoms with Crippen LogP contribution in [0.3, 0.4) is 0 Å². The van der Waals surface area contributed by atoms with Gasteiger partial charge in [-0.15, -0.1) is 0 Å². The first-order valence-corrected chi connectivity index (χ1v) is 11.7. The molecule has 0 saturated carbocycles. The fraction of sp³-hybridized carbons (Fsp3) is 0. The van der Waals surface area contributed by atoms with Crippen molar-refractivity contribution < 1.29 is 0 Å². The molecule has 0 atom stereocenters. The quantitative estimate of drug-likeness (QED) is 0.192. The summed E-state index contributed by atoms with van der Waals surface area (Å²) in [5.74, 6) is 0.801. The van der Waals surface area contributed by atoms with Crippen LogP contribution in [0.1, 0.15) is 0 Å². The van der Waals surface area contributed by atoms with E-state index < -0.39 is 0 Å². The number of aromatic nitrogens is 5. The Kier molecular flexibility index (Phi) is 3.64. The fourth-order valence-corrected chi connectivity index (χ4v) is 5.44. The summed E-state index contributed by atoms with van der Waals surface area (Å²) in [4.78, 5) is 18.6. The van der Waals surface area contributed by atoms with Gasteiger partial charge in [0.1, 0.15) is 11.2 Å². The summed E-state index contributed by atoms with van der Waals surface area (Å²) in [6.45, 7) is 7.78. The number of imidazole rings is 1. The van der Waals surface area contributed by atoms with Gasteiger partial charge in [0.15, 0.2) is 5.65 Å². The molecule has 4 aromatic heterocycles. The number of pyridine rings is 1. The van der Waals surface area contributed by atoms with Gasteiger partial charge in [0.2, 0.25) is 0 Å². The highest BCUT2D eigenvalue weighted by Gasteiger charge is 2.24. The molecule has 0 N–H and O–H groups in total. The zero-order valence-corrected chi connectivity index (χ0v) is 18.9. The second-order valence-electron chi connectivity index (χ2n) is 8.83. The van der Waals surface area contributed by atoms with Crippen LogP contribution in [0.2, 0.25) is 0 Å². The van der Waals surface area contributed by atoms with Crippen molar-refractivity contribution in [3.05, 3.63) is 108 Å². The molecule has 0 aliphatic heterocycles. The van der Waals surface area contributed by atoms with Crippen LogP contribution in [0.5, 0.6) is 0 Å². The maximum absolute atomic E-state index is 7.78. The first-order valence-electron chi connectivity index (χ1n) is 11.7. The summed E-state index contributed by atoms with van der Waals surface area (Å²) >= 11 is 0. The number of rotatable bonds is 1. The van der Waals surface area contributed by atoms with Crippen molar-refractivity contribution in [3.8, 4) is 5.95 Å². The average Bonchev–Trinajstić information content (AvgIpc) is 3.48. The maximum atomic E-state index is 7.78. The van der Waals surface area contributed by atoms with Crippen molar-refractivity contribution in [1.29, 1.82) is 0 Å². The van der Waals surface area contributed by atoms with Crippen LogP contribution in [0, 0.1) is 6.57 Å². The molecular weight excluding hydrogens is 444 g/mol. The molecule has 166 valence electrons. The molecule has 4 aromatic carbocycles. The third-order valence-electron chi connectivity index (χ3n) is 6.95. The van der Waals surface area contributed by atoms with Gasteiger partial charge >= 0.3 is 5.95 Å². The molecule has 4 heterocycles. The molecule has 36 heavy (non-hydrogen) atoms. The van der Waals surface area contributed by atoms with Gasteiger partial charge in [-0.3, -0.25) is 4.40 Å². The molecule has 0 spiro atoms. The Hall–Kier alpha value is -5.28. The van der Waals surface area contributed by atoms with Gasteiger partial charge in [-0.2, -0.15) is 4.98 Å². The normalized spacial score (nSPS) is 11.9. The number of para-hydroxylation sites is 3. The number of benzene rings is 4. The summed E-state index contributed by atoms with van der Waals surface area (Å²) < 4.78 is 4.26. The molecule has 0 unspecified atom stereocenters. The van der Waals surface area contributed by atoms with Gasteiger partial charge in [0, 0.05) is 21.5 Å². The first-order chi connectivity index (χ1) is 17.8. The summed E-state index contributed by atoms with van der Waals surface area (Å²) in [5, 5.41) is 5.17. The number of fused-ring (bicyclic) bond motifs is 11. The minimum Gasteiger partial charge on any atom is -0.360 e. The molecule has 6 heteroatoms. The topological polar surface area (TPSA) is 52.4 Å². The lowest BCUT2D eigenvalue weighted by Crippen LogP contribution is -2.04. The standard InChI is InChI=1S/C30H16N6/c1-31-27-21-13-4-7-15-23(21)32-30(34-27)36-25-17-9-6-14-22(25)26-29(36)35-24-16-8-5-11-19(24)18-10-2-3-12-20(18)28(35)33-26/h2-17H. The average molecular weight is 461 g/mol. The Labute approximate surface area is 204 Å². The Morgan fingerprint density at radius 1 is 0.583 bits per heavy atom. The lowest BCUT2D eigenvalue weighted by Gasteiger charge is -2.10. The molecular formula is C30H16N6. The highest BCUT2D eigenvalue weighted by atomic mass is 15.2. The Bertz CT molecular complexity index is 2230. The highest BCUT2D eigenvalue weighted by Crippen LogP contribution is 2.37. The zero-order chi connectivity index (χ0) is 23.8. The SMILES string of the molecule is [C-]#[N+]c1nc(-n2c3ccccc3c3nc4c5ccccc5c5ccccc5n4c32)nc2ccccc12. The van der Waals surface area contributed by atoms with Gasteiger partial charge in [0.25, 0.3) is 5.82 Å². The second-order valence-corrected chi connectivity index (χ2v) is 8.83. The van der Waals surface area contributed by atoms with Crippen molar-refractivity contribution in [2.45, 2.75) is 0 Å². The monoisotopic (exact) mass is 460 g/mol. The van der Waals surface area contributed by atoms with Crippen molar-refractivity contribution in [2.75, 3.05) is 0 Å². The Balaban J connectivity index is 1.66. The molecule has 0 radical (unpaired) electrons. The van der Waals surface area contributed by atoms with Crippen LogP contribution in [-0.2, 0) is 0 Å². The van der Waals surface area contributed by atoms with Gasteiger partial charge in [-0.25, -0.2) is 9.55 Å². The molecule has 0 saturated heterocycles. The van der Waals surface area contributed by atoms with Gasteiger partial charge in [-0.05, 0) is 23.6 Å².